The first-order valence-electron chi connectivity index (χ1n) is 7.03. The van der Waals surface area contributed by atoms with Crippen LogP contribution in [0.15, 0.2) is 54.6 Å². The molecular weight excluding hydrogens is 299 g/mol. The van der Waals surface area contributed by atoms with E-state index in [1.54, 1.807) is 0 Å². The van der Waals surface area contributed by atoms with Gasteiger partial charge < -0.3 is 15.4 Å². The van der Waals surface area contributed by atoms with E-state index in [-0.39, 0.29) is 0 Å². The molecule has 0 fully saturated rings. The van der Waals surface area contributed by atoms with E-state index < -0.39 is 23.9 Å². The summed E-state index contributed by atoms with van der Waals surface area (Å²) in [6.07, 6.45) is 0.310. The molecule has 0 heterocycles. The summed E-state index contributed by atoms with van der Waals surface area (Å²) < 4.78 is 17.6. The van der Waals surface area contributed by atoms with Gasteiger partial charge in [-0.15, -0.1) is 0 Å². The molecule has 2 rings (SSSR count). The second-order valence-electron chi connectivity index (χ2n) is 4.87. The van der Waals surface area contributed by atoms with Crippen molar-refractivity contribution in [3.63, 3.8) is 0 Å². The Labute approximate surface area is 133 Å². The summed E-state index contributed by atoms with van der Waals surface area (Å²) >= 11 is 0. The topological polar surface area (TPSA) is 67.4 Å². The van der Waals surface area contributed by atoms with Crippen molar-refractivity contribution in [3.8, 4) is 0 Å². The number of ether oxygens (including phenoxy) is 1. The molecule has 23 heavy (non-hydrogen) atoms. The van der Waals surface area contributed by atoms with Crippen LogP contribution in [0.4, 0.5) is 14.9 Å². The van der Waals surface area contributed by atoms with Gasteiger partial charge in [0.05, 0.1) is 7.11 Å². The molecule has 1 atom stereocenters. The van der Waals surface area contributed by atoms with Gasteiger partial charge in [-0.05, 0) is 29.8 Å². The molecule has 2 N–H and O–H groups in total. The quantitative estimate of drug-likeness (QED) is 0.834. The molecule has 0 aliphatic carbocycles. The summed E-state index contributed by atoms with van der Waals surface area (Å²) in [7, 11) is 1.26. The average Bonchev–Trinajstić information content (AvgIpc) is 2.56. The Morgan fingerprint density at radius 2 is 1.74 bits per heavy atom. The number of anilines is 1. The molecular formula is C17H17FN2O3. The predicted octanol–water partition coefficient (Wildman–Crippen LogP) is 2.73. The highest BCUT2D eigenvalue weighted by Gasteiger charge is 2.21. The number of urea groups is 1. The van der Waals surface area contributed by atoms with Crippen LogP contribution in [-0.2, 0) is 16.0 Å². The molecule has 6 heteroatoms. The van der Waals surface area contributed by atoms with E-state index in [0.29, 0.717) is 12.1 Å². The number of carbonyl (C=O) groups excluding carboxylic acids is 2. The van der Waals surface area contributed by atoms with Crippen LogP contribution < -0.4 is 10.6 Å². The molecule has 0 bridgehead atoms. The maximum Gasteiger partial charge on any atom is 0.328 e. The minimum absolute atomic E-state index is 0.310. The Balaban J connectivity index is 2.00. The Bertz CT molecular complexity index is 659. The Morgan fingerprint density at radius 3 is 2.35 bits per heavy atom. The van der Waals surface area contributed by atoms with Gasteiger partial charge in [-0.25, -0.2) is 14.0 Å². The maximum absolute atomic E-state index is 12.8. The predicted molar refractivity (Wildman–Crippen MR) is 84.5 cm³/mol. The average molecular weight is 316 g/mol. The maximum atomic E-state index is 12.8. The molecule has 2 aromatic rings. The highest BCUT2D eigenvalue weighted by atomic mass is 19.1. The van der Waals surface area contributed by atoms with E-state index in [2.05, 4.69) is 10.6 Å². The first-order valence-corrected chi connectivity index (χ1v) is 7.03. The summed E-state index contributed by atoms with van der Waals surface area (Å²) in [6, 6.07) is 13.2. The first kappa shape index (κ1) is 16.5. The minimum Gasteiger partial charge on any atom is -0.467 e. The molecule has 2 aromatic carbocycles. The summed E-state index contributed by atoms with van der Waals surface area (Å²) in [6.45, 7) is 0. The Kier molecular flexibility index (Phi) is 5.68. The summed E-state index contributed by atoms with van der Waals surface area (Å²) in [5.41, 5.74) is 1.32. The van der Waals surface area contributed by atoms with Gasteiger partial charge >= 0.3 is 12.0 Å². The first-order chi connectivity index (χ1) is 11.1. The fraction of sp³-hybridized carbons (Fsp3) is 0.176. The molecule has 120 valence electrons. The Hall–Kier alpha value is -2.89. The van der Waals surface area contributed by atoms with Crippen LogP contribution in [0.25, 0.3) is 0 Å². The lowest BCUT2D eigenvalue weighted by Crippen LogP contribution is -2.45. The van der Waals surface area contributed by atoms with Crippen molar-refractivity contribution < 1.29 is 18.7 Å². The zero-order chi connectivity index (χ0) is 16.7. The van der Waals surface area contributed by atoms with Crippen molar-refractivity contribution in [1.82, 2.24) is 5.32 Å². The van der Waals surface area contributed by atoms with Crippen molar-refractivity contribution in [2.45, 2.75) is 12.5 Å². The second-order valence-corrected chi connectivity index (χ2v) is 4.87. The van der Waals surface area contributed by atoms with Crippen molar-refractivity contribution in [2.75, 3.05) is 12.4 Å². The van der Waals surface area contributed by atoms with E-state index in [4.69, 9.17) is 4.74 Å². The number of rotatable bonds is 5. The smallest absolute Gasteiger partial charge is 0.328 e. The zero-order valence-electron chi connectivity index (χ0n) is 12.6. The third kappa shape index (κ3) is 5.10. The van der Waals surface area contributed by atoms with E-state index >= 15 is 0 Å². The van der Waals surface area contributed by atoms with Crippen LogP contribution in [0.3, 0.4) is 0 Å². The highest BCUT2D eigenvalue weighted by Crippen LogP contribution is 2.09. The zero-order valence-corrected chi connectivity index (χ0v) is 12.6. The number of methoxy groups -OCH3 is 1. The number of amides is 2. The van der Waals surface area contributed by atoms with Crippen LogP contribution in [0.5, 0.6) is 0 Å². The van der Waals surface area contributed by atoms with Crippen LogP contribution in [0.1, 0.15) is 5.56 Å². The summed E-state index contributed by atoms with van der Waals surface area (Å²) in [5.74, 6) is -0.935. The molecule has 0 aliphatic heterocycles. The van der Waals surface area contributed by atoms with Gasteiger partial charge in [0.2, 0.25) is 0 Å². The summed E-state index contributed by atoms with van der Waals surface area (Å²) in [4.78, 5) is 23.8. The summed E-state index contributed by atoms with van der Waals surface area (Å²) in [5, 5.41) is 5.10. The van der Waals surface area contributed by atoms with Crippen molar-refractivity contribution in [3.05, 3.63) is 66.0 Å². The molecule has 2 amide bonds. The van der Waals surface area contributed by atoms with Gasteiger partial charge in [-0.2, -0.15) is 0 Å². The van der Waals surface area contributed by atoms with Crippen LogP contribution in [0, 0.1) is 5.82 Å². The van der Waals surface area contributed by atoms with Crippen molar-refractivity contribution >= 4 is 17.7 Å². The van der Waals surface area contributed by atoms with E-state index in [0.717, 1.165) is 5.56 Å². The van der Waals surface area contributed by atoms with E-state index in [9.17, 15) is 14.0 Å². The second kappa shape index (κ2) is 7.93. The number of benzene rings is 2. The Morgan fingerprint density at radius 1 is 1.09 bits per heavy atom. The largest absolute Gasteiger partial charge is 0.467 e. The monoisotopic (exact) mass is 316 g/mol. The normalized spacial score (nSPS) is 11.4. The molecule has 0 radical (unpaired) electrons. The highest BCUT2D eigenvalue weighted by molar-refractivity contribution is 5.92. The number of carbonyl (C=O) groups is 2. The van der Waals surface area contributed by atoms with Gasteiger partial charge in [0.15, 0.2) is 0 Å². The number of esters is 1. The van der Waals surface area contributed by atoms with Crippen LogP contribution >= 0.6 is 0 Å². The number of halogens is 1. The fourth-order valence-electron chi connectivity index (χ4n) is 2.04. The number of hydrogen-bond donors (Lipinski definition) is 2. The molecule has 0 saturated heterocycles. The third-order valence-corrected chi connectivity index (χ3v) is 3.18. The van der Waals surface area contributed by atoms with Crippen molar-refractivity contribution in [2.24, 2.45) is 0 Å². The van der Waals surface area contributed by atoms with Gasteiger partial charge in [0.25, 0.3) is 0 Å². The molecule has 0 saturated carbocycles. The van der Waals surface area contributed by atoms with E-state index in [1.807, 2.05) is 30.3 Å². The van der Waals surface area contributed by atoms with E-state index in [1.165, 1.54) is 31.4 Å². The van der Waals surface area contributed by atoms with Gasteiger partial charge in [0.1, 0.15) is 11.9 Å². The number of hydrogen-bond acceptors (Lipinski definition) is 3. The van der Waals surface area contributed by atoms with Crippen LogP contribution in [0.2, 0.25) is 0 Å². The molecule has 0 spiro atoms. The third-order valence-electron chi connectivity index (χ3n) is 3.18. The number of nitrogens with one attached hydrogen (secondary N) is 2. The van der Waals surface area contributed by atoms with Gasteiger partial charge in [-0.3, -0.25) is 0 Å². The molecule has 0 unspecified atom stereocenters. The van der Waals surface area contributed by atoms with Gasteiger partial charge in [-0.1, -0.05) is 30.3 Å². The molecule has 0 aromatic heterocycles. The van der Waals surface area contributed by atoms with Crippen LogP contribution in [-0.4, -0.2) is 25.2 Å². The SMILES string of the molecule is COC(=O)[C@@H](Cc1ccccc1)NC(=O)Nc1ccc(F)cc1. The fourth-order valence-corrected chi connectivity index (χ4v) is 2.04. The van der Waals surface area contributed by atoms with Gasteiger partial charge in [0, 0.05) is 12.1 Å². The lowest BCUT2D eigenvalue weighted by atomic mass is 10.1. The molecule has 0 aliphatic rings. The molecule has 5 nitrogen and oxygen atoms in total. The lowest BCUT2D eigenvalue weighted by Gasteiger charge is -2.17. The minimum atomic E-state index is -0.817. The lowest BCUT2D eigenvalue weighted by molar-refractivity contribution is -0.142. The standard InChI is InChI=1S/C17H17FN2O3/c1-23-16(21)15(11-12-5-3-2-4-6-12)20-17(22)19-14-9-7-13(18)8-10-14/h2-10,15H,11H2,1H3,(H2,19,20,22)/t15-/m1/s1. The van der Waals surface area contributed by atoms with Crippen molar-refractivity contribution in [1.29, 1.82) is 0 Å².